The monoisotopic (exact) mass is 241 g/mol. The van der Waals surface area contributed by atoms with Gasteiger partial charge in [-0.05, 0) is 6.92 Å². The van der Waals surface area contributed by atoms with E-state index in [1.54, 1.807) is 4.68 Å². The highest BCUT2D eigenvalue weighted by Gasteiger charge is 2.33. The fourth-order valence-corrected chi connectivity index (χ4v) is 1.54. The second kappa shape index (κ2) is 5.27. The van der Waals surface area contributed by atoms with Crippen molar-refractivity contribution in [2.24, 2.45) is 0 Å². The Morgan fingerprint density at radius 2 is 2.12 bits per heavy atom. The third kappa shape index (κ3) is 3.03. The number of esters is 1. The summed E-state index contributed by atoms with van der Waals surface area (Å²) in [5.41, 5.74) is -1.59. The lowest BCUT2D eigenvalue weighted by Crippen LogP contribution is -2.41. The number of nitrogens with zero attached hydrogens (tertiary/aromatic N) is 3. The molecule has 1 N–H and O–H groups in total. The van der Waals surface area contributed by atoms with Crippen molar-refractivity contribution in [1.82, 2.24) is 14.8 Å². The number of carbonyl (C=O) groups is 1. The largest absolute Gasteiger partial charge is 0.467 e. The van der Waals surface area contributed by atoms with Gasteiger partial charge in [-0.15, -0.1) is 0 Å². The van der Waals surface area contributed by atoms with Gasteiger partial charge in [0.15, 0.2) is 11.4 Å². The van der Waals surface area contributed by atoms with E-state index >= 15 is 0 Å². The van der Waals surface area contributed by atoms with Gasteiger partial charge in [0, 0.05) is 12.8 Å². The number of aromatic nitrogens is 3. The van der Waals surface area contributed by atoms with Crippen molar-refractivity contribution >= 4 is 5.97 Å². The Hall–Kier alpha value is -1.43. The molecule has 0 bridgehead atoms. The zero-order valence-electron chi connectivity index (χ0n) is 10.7. The van der Waals surface area contributed by atoms with Crippen molar-refractivity contribution in [2.45, 2.75) is 45.8 Å². The normalized spacial score (nSPS) is 14.4. The molecule has 1 aromatic rings. The van der Waals surface area contributed by atoms with Crippen LogP contribution >= 0.6 is 0 Å². The van der Waals surface area contributed by atoms with Gasteiger partial charge in [-0.2, -0.15) is 5.10 Å². The molecule has 0 spiro atoms. The smallest absolute Gasteiger partial charge is 0.339 e. The molecule has 17 heavy (non-hydrogen) atoms. The molecule has 0 aliphatic heterocycles. The van der Waals surface area contributed by atoms with E-state index in [0.29, 0.717) is 12.2 Å². The van der Waals surface area contributed by atoms with Gasteiger partial charge in [0.2, 0.25) is 0 Å². The molecule has 96 valence electrons. The summed E-state index contributed by atoms with van der Waals surface area (Å²) in [6.07, 6.45) is 1.42. The molecule has 6 nitrogen and oxygen atoms in total. The minimum absolute atomic E-state index is 0.0514. The molecule has 1 aromatic heterocycles. The molecule has 0 aromatic carbocycles. The first kappa shape index (κ1) is 13.6. The van der Waals surface area contributed by atoms with Crippen LogP contribution in [0.4, 0.5) is 0 Å². The number of aliphatic hydroxyl groups is 1. The maximum absolute atomic E-state index is 11.4. The quantitative estimate of drug-likeness (QED) is 0.751. The summed E-state index contributed by atoms with van der Waals surface area (Å²) in [6.45, 7) is 5.37. The Balaban J connectivity index is 2.93. The van der Waals surface area contributed by atoms with Crippen LogP contribution in [0.3, 0.4) is 0 Å². The highest BCUT2D eigenvalue weighted by molar-refractivity contribution is 5.78. The molecule has 1 atom stereocenters. The van der Waals surface area contributed by atoms with Gasteiger partial charge in [0.25, 0.3) is 0 Å². The minimum Gasteiger partial charge on any atom is -0.467 e. The summed E-state index contributed by atoms with van der Waals surface area (Å²) in [5.74, 6) is 0.793. The van der Waals surface area contributed by atoms with Crippen LogP contribution in [-0.4, -0.2) is 38.6 Å². The van der Waals surface area contributed by atoms with Crippen molar-refractivity contribution in [3.05, 3.63) is 11.6 Å². The third-order valence-electron chi connectivity index (χ3n) is 2.51. The maximum Gasteiger partial charge on any atom is 0.339 e. The van der Waals surface area contributed by atoms with Crippen molar-refractivity contribution in [2.75, 3.05) is 7.11 Å². The van der Waals surface area contributed by atoms with Gasteiger partial charge in [-0.1, -0.05) is 13.8 Å². The van der Waals surface area contributed by atoms with Gasteiger partial charge < -0.3 is 9.84 Å². The maximum atomic E-state index is 11.4. The molecule has 0 saturated carbocycles. The summed E-state index contributed by atoms with van der Waals surface area (Å²) in [4.78, 5) is 15.7. The highest BCUT2D eigenvalue weighted by atomic mass is 16.5. The number of hydrogen-bond acceptors (Lipinski definition) is 5. The molecule has 1 unspecified atom stereocenters. The van der Waals surface area contributed by atoms with E-state index in [-0.39, 0.29) is 6.54 Å². The molecule has 0 aliphatic carbocycles. The van der Waals surface area contributed by atoms with Crippen molar-refractivity contribution < 1.29 is 14.6 Å². The van der Waals surface area contributed by atoms with Gasteiger partial charge in [0.05, 0.1) is 13.7 Å². The third-order valence-corrected chi connectivity index (χ3v) is 2.51. The van der Waals surface area contributed by atoms with E-state index in [1.165, 1.54) is 14.0 Å². The topological polar surface area (TPSA) is 77.2 Å². The molecule has 0 fully saturated rings. The van der Waals surface area contributed by atoms with Crippen LogP contribution in [0.2, 0.25) is 0 Å². The van der Waals surface area contributed by atoms with Crippen molar-refractivity contribution in [1.29, 1.82) is 0 Å². The van der Waals surface area contributed by atoms with Gasteiger partial charge in [-0.3, -0.25) is 0 Å². The standard InChI is InChI=1S/C11H19N3O3/c1-5-8-12-9(6-2)14(13-8)7-11(3,16)10(15)17-4/h16H,5-7H2,1-4H3. The highest BCUT2D eigenvalue weighted by Crippen LogP contribution is 2.11. The molecule has 0 radical (unpaired) electrons. The zero-order valence-corrected chi connectivity index (χ0v) is 10.7. The lowest BCUT2D eigenvalue weighted by molar-refractivity contribution is -0.162. The number of rotatable bonds is 5. The first-order valence-corrected chi connectivity index (χ1v) is 5.68. The van der Waals surface area contributed by atoms with Crippen LogP contribution in [0.1, 0.15) is 32.4 Å². The molecule has 0 aliphatic rings. The number of carbonyl (C=O) groups excluding carboxylic acids is 1. The molecular formula is C11H19N3O3. The lowest BCUT2D eigenvalue weighted by atomic mass is 10.1. The molecular weight excluding hydrogens is 222 g/mol. The van der Waals surface area contributed by atoms with E-state index in [1.807, 2.05) is 13.8 Å². The molecule has 6 heteroatoms. The van der Waals surface area contributed by atoms with Crippen LogP contribution in [0.15, 0.2) is 0 Å². The Morgan fingerprint density at radius 1 is 1.47 bits per heavy atom. The van der Waals surface area contributed by atoms with Crippen LogP contribution in [0, 0.1) is 0 Å². The summed E-state index contributed by atoms with van der Waals surface area (Å²) in [5, 5.41) is 14.2. The number of ether oxygens (including phenoxy) is 1. The molecule has 0 amide bonds. The fourth-order valence-electron chi connectivity index (χ4n) is 1.54. The SMILES string of the molecule is CCc1nc(CC)n(CC(C)(O)C(=O)OC)n1. The van der Waals surface area contributed by atoms with Crippen molar-refractivity contribution in [3.8, 4) is 0 Å². The lowest BCUT2D eigenvalue weighted by Gasteiger charge is -2.20. The summed E-state index contributed by atoms with van der Waals surface area (Å²) < 4.78 is 6.11. The predicted octanol–water partition coefficient (Wildman–Crippen LogP) is 0.327. The molecule has 1 heterocycles. The van der Waals surface area contributed by atoms with Gasteiger partial charge in [0.1, 0.15) is 5.82 Å². The van der Waals surface area contributed by atoms with Crippen LogP contribution in [-0.2, 0) is 28.9 Å². The molecule has 0 saturated heterocycles. The first-order valence-electron chi connectivity index (χ1n) is 5.68. The average molecular weight is 241 g/mol. The minimum atomic E-state index is -1.59. The van der Waals surface area contributed by atoms with Gasteiger partial charge in [-0.25, -0.2) is 14.5 Å². The number of hydrogen-bond donors (Lipinski definition) is 1. The Morgan fingerprint density at radius 3 is 2.59 bits per heavy atom. The van der Waals surface area contributed by atoms with Crippen LogP contribution in [0.25, 0.3) is 0 Å². The van der Waals surface area contributed by atoms with E-state index in [4.69, 9.17) is 0 Å². The summed E-state index contributed by atoms with van der Waals surface area (Å²) >= 11 is 0. The summed E-state index contributed by atoms with van der Waals surface area (Å²) in [7, 11) is 1.25. The Bertz CT molecular complexity index is 399. The number of methoxy groups -OCH3 is 1. The van der Waals surface area contributed by atoms with E-state index in [9.17, 15) is 9.90 Å². The Kier molecular flexibility index (Phi) is 4.22. The van der Waals surface area contributed by atoms with E-state index in [2.05, 4.69) is 14.8 Å². The van der Waals surface area contributed by atoms with Gasteiger partial charge >= 0.3 is 5.97 Å². The first-order chi connectivity index (χ1) is 7.94. The predicted molar refractivity (Wildman–Crippen MR) is 61.4 cm³/mol. The van der Waals surface area contributed by atoms with Crippen LogP contribution < -0.4 is 0 Å². The second-order valence-electron chi connectivity index (χ2n) is 4.07. The molecule has 1 rings (SSSR count). The second-order valence-corrected chi connectivity index (χ2v) is 4.07. The number of aryl methyl sites for hydroxylation is 2. The van der Waals surface area contributed by atoms with Crippen molar-refractivity contribution in [3.63, 3.8) is 0 Å². The Labute approximate surface area is 101 Å². The summed E-state index contributed by atoms with van der Waals surface area (Å²) in [6, 6.07) is 0. The fraction of sp³-hybridized carbons (Fsp3) is 0.727. The van der Waals surface area contributed by atoms with E-state index in [0.717, 1.165) is 12.2 Å². The zero-order chi connectivity index (χ0) is 13.1. The van der Waals surface area contributed by atoms with E-state index < -0.39 is 11.6 Å². The van der Waals surface area contributed by atoms with Crippen LogP contribution in [0.5, 0.6) is 0 Å². The average Bonchev–Trinajstić information content (AvgIpc) is 2.69.